The summed E-state index contributed by atoms with van der Waals surface area (Å²) in [5, 5.41) is 4.55. The van der Waals surface area contributed by atoms with Crippen LogP contribution in [-0.4, -0.2) is 23.0 Å². The van der Waals surface area contributed by atoms with Crippen molar-refractivity contribution in [2.24, 2.45) is 0 Å². The number of nitrogens with one attached hydrogen (secondary N) is 1. The van der Waals surface area contributed by atoms with Gasteiger partial charge in [-0.05, 0) is 30.3 Å². The predicted molar refractivity (Wildman–Crippen MR) is 92.1 cm³/mol. The van der Waals surface area contributed by atoms with E-state index in [1.165, 1.54) is 20.4 Å². The van der Waals surface area contributed by atoms with Gasteiger partial charge in [0.2, 0.25) is 0 Å². The standard InChI is InChI=1S/C17H14ClN3O3/c1-10(22)24-16-7-13-14(8-15(16)23-2)19-9-20-17(13)21-12-5-3-11(18)4-6-12/h3-9H,1-2H3,(H,19,20,21). The van der Waals surface area contributed by atoms with Gasteiger partial charge in [0.25, 0.3) is 0 Å². The van der Waals surface area contributed by atoms with Gasteiger partial charge in [0, 0.05) is 29.1 Å². The van der Waals surface area contributed by atoms with Gasteiger partial charge < -0.3 is 14.8 Å². The molecule has 0 amide bonds. The lowest BCUT2D eigenvalue weighted by Crippen LogP contribution is -2.04. The van der Waals surface area contributed by atoms with Crippen LogP contribution in [0, 0.1) is 0 Å². The summed E-state index contributed by atoms with van der Waals surface area (Å²) in [7, 11) is 1.50. The third-order valence-corrected chi connectivity index (χ3v) is 3.53. The van der Waals surface area contributed by atoms with E-state index in [0.717, 1.165) is 5.69 Å². The summed E-state index contributed by atoms with van der Waals surface area (Å²) in [6.45, 7) is 1.33. The molecule has 0 unspecified atom stereocenters. The fourth-order valence-electron chi connectivity index (χ4n) is 2.23. The van der Waals surface area contributed by atoms with E-state index in [9.17, 15) is 4.79 Å². The van der Waals surface area contributed by atoms with Crippen LogP contribution in [0.3, 0.4) is 0 Å². The SMILES string of the molecule is COc1cc2ncnc(Nc3ccc(Cl)cc3)c2cc1OC(C)=O. The zero-order valence-corrected chi connectivity index (χ0v) is 13.8. The topological polar surface area (TPSA) is 73.3 Å². The van der Waals surface area contributed by atoms with Crippen LogP contribution in [0.25, 0.3) is 10.9 Å². The molecule has 1 heterocycles. The Bertz CT molecular complexity index is 897. The molecule has 0 bridgehead atoms. The molecule has 24 heavy (non-hydrogen) atoms. The molecule has 122 valence electrons. The lowest BCUT2D eigenvalue weighted by atomic mass is 10.2. The largest absolute Gasteiger partial charge is 0.493 e. The molecule has 6 nitrogen and oxygen atoms in total. The summed E-state index contributed by atoms with van der Waals surface area (Å²) in [5.41, 5.74) is 1.48. The highest BCUT2D eigenvalue weighted by Crippen LogP contribution is 2.34. The number of hydrogen-bond acceptors (Lipinski definition) is 6. The van der Waals surface area contributed by atoms with Crippen molar-refractivity contribution in [1.82, 2.24) is 9.97 Å². The van der Waals surface area contributed by atoms with Crippen LogP contribution in [0.15, 0.2) is 42.7 Å². The van der Waals surface area contributed by atoms with Crippen LogP contribution in [0.4, 0.5) is 11.5 Å². The average Bonchev–Trinajstić information content (AvgIpc) is 2.56. The van der Waals surface area contributed by atoms with Gasteiger partial charge in [-0.15, -0.1) is 0 Å². The van der Waals surface area contributed by atoms with Crippen molar-refractivity contribution < 1.29 is 14.3 Å². The Kier molecular flexibility index (Phi) is 4.48. The Morgan fingerprint density at radius 3 is 2.54 bits per heavy atom. The number of carbonyl (C=O) groups is 1. The van der Waals surface area contributed by atoms with E-state index >= 15 is 0 Å². The number of ether oxygens (including phenoxy) is 2. The molecular formula is C17H14ClN3O3. The molecule has 0 fully saturated rings. The molecule has 3 rings (SSSR count). The Morgan fingerprint density at radius 1 is 1.12 bits per heavy atom. The highest BCUT2D eigenvalue weighted by atomic mass is 35.5. The normalized spacial score (nSPS) is 10.5. The number of aromatic nitrogens is 2. The van der Waals surface area contributed by atoms with E-state index in [-0.39, 0.29) is 0 Å². The lowest BCUT2D eigenvalue weighted by Gasteiger charge is -2.12. The van der Waals surface area contributed by atoms with Crippen molar-refractivity contribution in [1.29, 1.82) is 0 Å². The smallest absolute Gasteiger partial charge is 0.308 e. The van der Waals surface area contributed by atoms with Gasteiger partial charge in [0.15, 0.2) is 11.5 Å². The number of halogens is 1. The van der Waals surface area contributed by atoms with Gasteiger partial charge in [-0.1, -0.05) is 11.6 Å². The molecule has 0 saturated heterocycles. The van der Waals surface area contributed by atoms with Crippen LogP contribution < -0.4 is 14.8 Å². The van der Waals surface area contributed by atoms with Crippen molar-refractivity contribution in [2.75, 3.05) is 12.4 Å². The second-order valence-electron chi connectivity index (χ2n) is 4.97. The first-order valence-corrected chi connectivity index (χ1v) is 7.48. The van der Waals surface area contributed by atoms with Crippen LogP contribution in [0.1, 0.15) is 6.92 Å². The maximum Gasteiger partial charge on any atom is 0.308 e. The maximum absolute atomic E-state index is 11.3. The molecule has 0 aliphatic carbocycles. The zero-order chi connectivity index (χ0) is 17.1. The van der Waals surface area contributed by atoms with Gasteiger partial charge in [0.1, 0.15) is 12.1 Å². The summed E-state index contributed by atoms with van der Waals surface area (Å²) < 4.78 is 10.5. The van der Waals surface area contributed by atoms with Crippen LogP contribution in [0.2, 0.25) is 5.02 Å². The van der Waals surface area contributed by atoms with E-state index in [0.29, 0.717) is 33.2 Å². The molecular weight excluding hydrogens is 330 g/mol. The highest BCUT2D eigenvalue weighted by molar-refractivity contribution is 6.30. The number of hydrogen-bond donors (Lipinski definition) is 1. The summed E-state index contributed by atoms with van der Waals surface area (Å²) in [6.07, 6.45) is 1.45. The lowest BCUT2D eigenvalue weighted by molar-refractivity contribution is -0.132. The minimum Gasteiger partial charge on any atom is -0.493 e. The second kappa shape index (κ2) is 6.72. The third kappa shape index (κ3) is 3.38. The van der Waals surface area contributed by atoms with Crippen molar-refractivity contribution in [3.63, 3.8) is 0 Å². The van der Waals surface area contributed by atoms with E-state index in [1.807, 2.05) is 12.1 Å². The van der Waals surface area contributed by atoms with Gasteiger partial charge in [-0.2, -0.15) is 0 Å². The van der Waals surface area contributed by atoms with Crippen LogP contribution >= 0.6 is 11.6 Å². The van der Waals surface area contributed by atoms with Gasteiger partial charge in [-0.3, -0.25) is 4.79 Å². The minimum absolute atomic E-state index is 0.312. The van der Waals surface area contributed by atoms with Crippen LogP contribution in [-0.2, 0) is 4.79 Å². The number of nitrogens with zero attached hydrogens (tertiary/aromatic N) is 2. The van der Waals surface area contributed by atoms with Crippen molar-refractivity contribution in [2.45, 2.75) is 6.92 Å². The molecule has 0 atom stereocenters. The first-order chi connectivity index (χ1) is 11.6. The molecule has 0 spiro atoms. The summed E-state index contributed by atoms with van der Waals surface area (Å²) >= 11 is 5.90. The van der Waals surface area contributed by atoms with Crippen LogP contribution in [0.5, 0.6) is 11.5 Å². The predicted octanol–water partition coefficient (Wildman–Crippen LogP) is 3.96. The Balaban J connectivity index is 2.07. The molecule has 1 aromatic heterocycles. The summed E-state index contributed by atoms with van der Waals surface area (Å²) in [4.78, 5) is 19.8. The Labute approximate surface area is 143 Å². The first-order valence-electron chi connectivity index (χ1n) is 7.10. The number of carbonyl (C=O) groups excluding carboxylic acids is 1. The van der Waals surface area contributed by atoms with Crippen molar-refractivity contribution >= 4 is 40.0 Å². The molecule has 0 aliphatic heterocycles. The molecule has 7 heteroatoms. The monoisotopic (exact) mass is 343 g/mol. The number of esters is 1. The summed E-state index contributed by atoms with van der Waals surface area (Å²) in [5.74, 6) is 0.885. The van der Waals surface area contributed by atoms with Gasteiger partial charge in [-0.25, -0.2) is 9.97 Å². The molecule has 2 aromatic carbocycles. The van der Waals surface area contributed by atoms with Crippen molar-refractivity contribution in [3.8, 4) is 11.5 Å². The van der Waals surface area contributed by atoms with Gasteiger partial charge in [0.05, 0.1) is 12.6 Å². The quantitative estimate of drug-likeness (QED) is 0.571. The second-order valence-corrected chi connectivity index (χ2v) is 5.40. The average molecular weight is 344 g/mol. The molecule has 3 aromatic rings. The zero-order valence-electron chi connectivity index (χ0n) is 13.0. The molecule has 0 aliphatic rings. The van der Waals surface area contributed by atoms with E-state index < -0.39 is 5.97 Å². The maximum atomic E-state index is 11.3. The highest BCUT2D eigenvalue weighted by Gasteiger charge is 2.13. The number of benzene rings is 2. The third-order valence-electron chi connectivity index (χ3n) is 3.28. The number of methoxy groups -OCH3 is 1. The van der Waals surface area contributed by atoms with E-state index in [4.69, 9.17) is 21.1 Å². The molecule has 0 radical (unpaired) electrons. The fraction of sp³-hybridized carbons (Fsp3) is 0.118. The number of fused-ring (bicyclic) bond motifs is 1. The number of rotatable bonds is 4. The minimum atomic E-state index is -0.434. The first kappa shape index (κ1) is 16.0. The van der Waals surface area contributed by atoms with Gasteiger partial charge >= 0.3 is 5.97 Å². The molecule has 0 saturated carbocycles. The van der Waals surface area contributed by atoms with E-state index in [1.54, 1.807) is 24.3 Å². The van der Waals surface area contributed by atoms with Crippen molar-refractivity contribution in [3.05, 3.63) is 47.7 Å². The van der Waals surface area contributed by atoms with E-state index in [2.05, 4.69) is 15.3 Å². The molecule has 1 N–H and O–H groups in total. The Morgan fingerprint density at radius 2 is 1.88 bits per heavy atom. The Hall–Kier alpha value is -2.86. The summed E-state index contributed by atoms with van der Waals surface area (Å²) in [6, 6.07) is 10.6. The fourth-order valence-corrected chi connectivity index (χ4v) is 2.35. The number of anilines is 2.